The van der Waals surface area contributed by atoms with Gasteiger partial charge in [-0.3, -0.25) is 14.4 Å². The van der Waals surface area contributed by atoms with Crippen LogP contribution in [0.2, 0.25) is 0 Å². The first-order valence-electron chi connectivity index (χ1n) is 5.44. The Labute approximate surface area is 101 Å². The van der Waals surface area contributed by atoms with E-state index in [2.05, 4.69) is 5.32 Å². The molecule has 0 aliphatic heterocycles. The van der Waals surface area contributed by atoms with Crippen molar-refractivity contribution in [3.8, 4) is 0 Å². The van der Waals surface area contributed by atoms with Crippen molar-refractivity contribution in [2.75, 3.05) is 6.54 Å². The average molecular weight is 244 g/mol. The molecular weight excluding hydrogens is 224 g/mol. The summed E-state index contributed by atoms with van der Waals surface area (Å²) >= 11 is 0. The average Bonchev–Trinajstić information content (AvgIpc) is 2.20. The van der Waals surface area contributed by atoms with Crippen LogP contribution in [0.5, 0.6) is 0 Å². The van der Waals surface area contributed by atoms with Crippen LogP contribution in [0.4, 0.5) is 0 Å². The summed E-state index contributed by atoms with van der Waals surface area (Å²) in [6.45, 7) is 5.22. The van der Waals surface area contributed by atoms with Crippen LogP contribution in [0.15, 0.2) is 0 Å². The zero-order valence-corrected chi connectivity index (χ0v) is 10.4. The third-order valence-electron chi connectivity index (χ3n) is 2.19. The van der Waals surface area contributed by atoms with Crippen molar-refractivity contribution in [3.05, 3.63) is 0 Å². The number of carbonyl (C=O) groups excluding carboxylic acids is 2. The second-order valence-electron chi connectivity index (χ2n) is 4.86. The highest BCUT2D eigenvalue weighted by Crippen LogP contribution is 2.16. The molecule has 0 bridgehead atoms. The van der Waals surface area contributed by atoms with Gasteiger partial charge < -0.3 is 16.2 Å². The van der Waals surface area contributed by atoms with Crippen LogP contribution < -0.4 is 11.1 Å². The number of rotatable bonds is 6. The minimum Gasteiger partial charge on any atom is -0.481 e. The van der Waals surface area contributed by atoms with E-state index in [0.29, 0.717) is 0 Å². The molecule has 0 unspecified atom stereocenters. The summed E-state index contributed by atoms with van der Waals surface area (Å²) in [6, 6.07) is -0.753. The lowest BCUT2D eigenvalue weighted by Crippen LogP contribution is -2.49. The van der Waals surface area contributed by atoms with Gasteiger partial charge in [-0.25, -0.2) is 0 Å². The number of carbonyl (C=O) groups is 3. The zero-order valence-electron chi connectivity index (χ0n) is 10.4. The molecule has 0 heterocycles. The Kier molecular flexibility index (Phi) is 5.81. The molecule has 0 aromatic carbocycles. The Balaban J connectivity index is 4.36. The minimum absolute atomic E-state index is 0.00884. The topological polar surface area (TPSA) is 109 Å². The van der Waals surface area contributed by atoms with E-state index >= 15 is 0 Å². The van der Waals surface area contributed by atoms with Crippen molar-refractivity contribution in [2.24, 2.45) is 11.1 Å². The van der Waals surface area contributed by atoms with Crippen LogP contribution in [0.3, 0.4) is 0 Å². The fourth-order valence-corrected chi connectivity index (χ4v) is 1.24. The molecule has 0 fully saturated rings. The van der Waals surface area contributed by atoms with Gasteiger partial charge in [0.15, 0.2) is 5.78 Å². The number of hydrogen-bond acceptors (Lipinski definition) is 4. The normalized spacial score (nSPS) is 12.9. The lowest BCUT2D eigenvalue weighted by atomic mass is 9.86. The van der Waals surface area contributed by atoms with Crippen LogP contribution in [0.25, 0.3) is 0 Å². The maximum Gasteiger partial charge on any atom is 0.303 e. The fraction of sp³-hybridized carbons (Fsp3) is 0.727. The highest BCUT2D eigenvalue weighted by molar-refractivity contribution is 5.93. The quantitative estimate of drug-likeness (QED) is 0.605. The fourth-order valence-electron chi connectivity index (χ4n) is 1.24. The summed E-state index contributed by atoms with van der Waals surface area (Å²) in [7, 11) is 0. The second kappa shape index (κ2) is 6.34. The molecule has 0 aromatic heterocycles. The maximum absolute atomic E-state index is 11.9. The van der Waals surface area contributed by atoms with Crippen LogP contribution in [0.1, 0.15) is 33.6 Å². The van der Waals surface area contributed by atoms with Crippen LogP contribution >= 0.6 is 0 Å². The van der Waals surface area contributed by atoms with Crippen molar-refractivity contribution in [1.29, 1.82) is 0 Å². The molecule has 1 amide bonds. The molecule has 98 valence electrons. The lowest BCUT2D eigenvalue weighted by molar-refractivity contribution is -0.139. The second-order valence-corrected chi connectivity index (χ2v) is 4.86. The SMILES string of the molecule is CC(C)(C)C(=O)[C@H](CN)NC(=O)CCC(=O)O. The van der Waals surface area contributed by atoms with Gasteiger partial charge in [0.25, 0.3) is 0 Å². The third kappa shape index (κ3) is 6.01. The molecule has 6 nitrogen and oxygen atoms in total. The summed E-state index contributed by atoms with van der Waals surface area (Å²) in [5, 5.41) is 10.9. The Morgan fingerprint density at radius 3 is 2.12 bits per heavy atom. The van der Waals surface area contributed by atoms with Gasteiger partial charge in [0.2, 0.25) is 5.91 Å². The summed E-state index contributed by atoms with van der Waals surface area (Å²) in [5.41, 5.74) is 4.83. The molecule has 0 aliphatic rings. The van der Waals surface area contributed by atoms with Gasteiger partial charge in [-0.05, 0) is 0 Å². The first-order chi connectivity index (χ1) is 7.68. The van der Waals surface area contributed by atoms with Gasteiger partial charge >= 0.3 is 5.97 Å². The first-order valence-corrected chi connectivity index (χ1v) is 5.44. The van der Waals surface area contributed by atoms with Crippen molar-refractivity contribution in [3.63, 3.8) is 0 Å². The van der Waals surface area contributed by atoms with Crippen LogP contribution in [-0.4, -0.2) is 35.4 Å². The van der Waals surface area contributed by atoms with E-state index in [1.807, 2.05) is 0 Å². The third-order valence-corrected chi connectivity index (χ3v) is 2.19. The molecule has 4 N–H and O–H groups in total. The summed E-state index contributed by atoms with van der Waals surface area (Å²) in [5.74, 6) is -1.68. The van der Waals surface area contributed by atoms with E-state index in [-0.39, 0.29) is 25.2 Å². The molecule has 0 saturated carbocycles. The standard InChI is InChI=1S/C11H20N2O4/c1-11(2,3)10(17)7(6-12)13-8(14)4-5-9(15)16/h7H,4-6,12H2,1-3H3,(H,13,14)(H,15,16)/t7-/m0/s1. The van der Waals surface area contributed by atoms with Crippen molar-refractivity contribution < 1.29 is 19.5 Å². The van der Waals surface area contributed by atoms with Gasteiger partial charge in [0.1, 0.15) is 6.04 Å². The lowest BCUT2D eigenvalue weighted by Gasteiger charge is -2.24. The van der Waals surface area contributed by atoms with Crippen molar-refractivity contribution in [1.82, 2.24) is 5.32 Å². The number of nitrogens with two attached hydrogens (primary N) is 1. The molecule has 0 radical (unpaired) electrons. The molecule has 17 heavy (non-hydrogen) atoms. The predicted molar refractivity (Wildman–Crippen MR) is 62.3 cm³/mol. The molecule has 0 rings (SSSR count). The van der Waals surface area contributed by atoms with Crippen LogP contribution in [-0.2, 0) is 14.4 Å². The minimum atomic E-state index is -1.05. The first kappa shape index (κ1) is 15.6. The van der Waals surface area contributed by atoms with E-state index in [0.717, 1.165) is 0 Å². The van der Waals surface area contributed by atoms with Gasteiger partial charge in [0.05, 0.1) is 6.42 Å². The Morgan fingerprint density at radius 1 is 1.24 bits per heavy atom. The number of carboxylic acid groups (broad SMARTS) is 1. The highest BCUT2D eigenvalue weighted by Gasteiger charge is 2.29. The van der Waals surface area contributed by atoms with Gasteiger partial charge in [-0.1, -0.05) is 20.8 Å². The predicted octanol–water partition coefficient (Wildman–Crippen LogP) is -0.0901. The van der Waals surface area contributed by atoms with Gasteiger partial charge in [0, 0.05) is 18.4 Å². The summed E-state index contributed by atoms with van der Waals surface area (Å²) in [6.07, 6.45) is -0.407. The maximum atomic E-state index is 11.9. The van der Waals surface area contributed by atoms with Gasteiger partial charge in [-0.15, -0.1) is 0 Å². The molecule has 1 atom stereocenters. The molecule has 0 aromatic rings. The molecule has 0 aliphatic carbocycles. The number of hydrogen-bond donors (Lipinski definition) is 3. The Morgan fingerprint density at radius 2 is 1.76 bits per heavy atom. The van der Waals surface area contributed by atoms with E-state index in [1.54, 1.807) is 20.8 Å². The monoisotopic (exact) mass is 244 g/mol. The molecular formula is C11H20N2O4. The Bertz CT molecular complexity index is 307. The van der Waals surface area contributed by atoms with Gasteiger partial charge in [-0.2, -0.15) is 0 Å². The number of amides is 1. The number of ketones is 1. The molecule has 0 spiro atoms. The Hall–Kier alpha value is -1.43. The number of aliphatic carboxylic acids is 1. The van der Waals surface area contributed by atoms with E-state index < -0.39 is 23.3 Å². The van der Waals surface area contributed by atoms with Crippen LogP contribution in [0, 0.1) is 5.41 Å². The van der Waals surface area contributed by atoms with Crippen molar-refractivity contribution >= 4 is 17.7 Å². The zero-order chi connectivity index (χ0) is 13.6. The molecule has 0 saturated heterocycles. The van der Waals surface area contributed by atoms with E-state index in [9.17, 15) is 14.4 Å². The summed E-state index contributed by atoms with van der Waals surface area (Å²) < 4.78 is 0. The number of Topliss-reactive ketones (excluding diaryl/α,β-unsaturated/α-hetero) is 1. The number of nitrogens with one attached hydrogen (secondary N) is 1. The smallest absolute Gasteiger partial charge is 0.303 e. The highest BCUT2D eigenvalue weighted by atomic mass is 16.4. The van der Waals surface area contributed by atoms with E-state index in [4.69, 9.17) is 10.8 Å². The number of carboxylic acids is 1. The summed E-state index contributed by atoms with van der Waals surface area (Å²) in [4.78, 5) is 33.5. The largest absolute Gasteiger partial charge is 0.481 e. The van der Waals surface area contributed by atoms with E-state index in [1.165, 1.54) is 0 Å². The molecule has 6 heteroatoms. The van der Waals surface area contributed by atoms with Crippen molar-refractivity contribution in [2.45, 2.75) is 39.7 Å².